The summed E-state index contributed by atoms with van der Waals surface area (Å²) in [7, 11) is 0. The molecule has 0 N–H and O–H groups in total. The molecule has 1 amide bonds. The molecular formula is C22H24ClNO3. The number of benzene rings is 2. The lowest BCUT2D eigenvalue weighted by molar-refractivity contribution is -0.149. The van der Waals surface area contributed by atoms with Gasteiger partial charge in [-0.3, -0.25) is 9.59 Å². The SMILES string of the molecule is CC[C@H](C)c1ccccc1N1C[C@H](C(=O)OCc2ccc(Cl)cc2)CC1=O. The van der Waals surface area contributed by atoms with Gasteiger partial charge in [0.05, 0.1) is 5.92 Å². The van der Waals surface area contributed by atoms with Gasteiger partial charge < -0.3 is 9.64 Å². The van der Waals surface area contributed by atoms with Gasteiger partial charge in [-0.05, 0) is 41.7 Å². The minimum atomic E-state index is -0.435. The van der Waals surface area contributed by atoms with Crippen molar-refractivity contribution in [3.8, 4) is 0 Å². The lowest BCUT2D eigenvalue weighted by Gasteiger charge is -2.23. The van der Waals surface area contributed by atoms with Crippen molar-refractivity contribution in [2.24, 2.45) is 5.92 Å². The molecule has 27 heavy (non-hydrogen) atoms. The molecule has 1 fully saturated rings. The Morgan fingerprint density at radius 2 is 1.93 bits per heavy atom. The van der Waals surface area contributed by atoms with E-state index in [2.05, 4.69) is 19.9 Å². The predicted octanol–water partition coefficient (Wildman–Crippen LogP) is 4.95. The van der Waals surface area contributed by atoms with Crippen molar-refractivity contribution in [2.75, 3.05) is 11.4 Å². The number of ether oxygens (including phenoxy) is 1. The summed E-state index contributed by atoms with van der Waals surface area (Å²) in [5.74, 6) is -0.444. The van der Waals surface area contributed by atoms with Crippen LogP contribution < -0.4 is 4.90 Å². The zero-order valence-electron chi connectivity index (χ0n) is 15.7. The molecule has 142 valence electrons. The number of para-hydroxylation sites is 1. The number of carbonyl (C=O) groups is 2. The number of rotatable bonds is 6. The highest BCUT2D eigenvalue weighted by Gasteiger charge is 2.37. The van der Waals surface area contributed by atoms with Crippen LogP contribution in [0, 0.1) is 5.92 Å². The average Bonchev–Trinajstić information content (AvgIpc) is 3.08. The molecule has 1 heterocycles. The fourth-order valence-corrected chi connectivity index (χ4v) is 3.45. The zero-order valence-corrected chi connectivity index (χ0v) is 16.4. The molecule has 0 unspecified atom stereocenters. The van der Waals surface area contributed by atoms with E-state index in [1.165, 1.54) is 0 Å². The second kappa shape index (κ2) is 8.57. The monoisotopic (exact) mass is 385 g/mol. The number of esters is 1. The minimum absolute atomic E-state index is 0.0285. The molecule has 5 heteroatoms. The van der Waals surface area contributed by atoms with Crippen LogP contribution in [0.15, 0.2) is 48.5 Å². The van der Waals surface area contributed by atoms with Gasteiger partial charge in [0.1, 0.15) is 6.61 Å². The van der Waals surface area contributed by atoms with Crippen molar-refractivity contribution in [1.82, 2.24) is 0 Å². The summed E-state index contributed by atoms with van der Waals surface area (Å²) in [6, 6.07) is 15.1. The predicted molar refractivity (Wildman–Crippen MR) is 107 cm³/mol. The summed E-state index contributed by atoms with van der Waals surface area (Å²) >= 11 is 5.86. The number of hydrogen-bond acceptors (Lipinski definition) is 3. The van der Waals surface area contributed by atoms with E-state index in [-0.39, 0.29) is 24.9 Å². The van der Waals surface area contributed by atoms with Gasteiger partial charge in [-0.1, -0.05) is 55.8 Å². The second-order valence-electron chi connectivity index (χ2n) is 7.01. The number of carbonyl (C=O) groups excluding carboxylic acids is 2. The van der Waals surface area contributed by atoms with Gasteiger partial charge in [-0.25, -0.2) is 0 Å². The van der Waals surface area contributed by atoms with Gasteiger partial charge in [-0.15, -0.1) is 0 Å². The number of amides is 1. The van der Waals surface area contributed by atoms with E-state index in [1.54, 1.807) is 17.0 Å². The molecule has 0 spiro atoms. The van der Waals surface area contributed by atoms with Gasteiger partial charge in [0.25, 0.3) is 0 Å². The van der Waals surface area contributed by atoms with E-state index >= 15 is 0 Å². The molecule has 4 nitrogen and oxygen atoms in total. The van der Waals surface area contributed by atoms with Gasteiger partial charge in [0, 0.05) is 23.7 Å². The molecule has 3 rings (SSSR count). The van der Waals surface area contributed by atoms with Crippen molar-refractivity contribution in [3.05, 3.63) is 64.7 Å². The molecule has 0 aliphatic carbocycles. The Balaban J connectivity index is 1.67. The molecule has 1 aliphatic rings. The van der Waals surface area contributed by atoms with Crippen LogP contribution in [0.3, 0.4) is 0 Å². The van der Waals surface area contributed by atoms with Crippen LogP contribution >= 0.6 is 11.6 Å². The normalized spacial score (nSPS) is 17.8. The molecular weight excluding hydrogens is 362 g/mol. The maximum atomic E-state index is 12.6. The fourth-order valence-electron chi connectivity index (χ4n) is 3.32. The molecule has 0 aromatic heterocycles. The summed E-state index contributed by atoms with van der Waals surface area (Å²) in [5.41, 5.74) is 2.92. The quantitative estimate of drug-likeness (QED) is 0.661. The number of hydrogen-bond donors (Lipinski definition) is 0. The maximum Gasteiger partial charge on any atom is 0.311 e. The van der Waals surface area contributed by atoms with Gasteiger partial charge in [0.15, 0.2) is 0 Å². The van der Waals surface area contributed by atoms with E-state index in [1.807, 2.05) is 30.3 Å². The van der Waals surface area contributed by atoms with Crippen molar-refractivity contribution in [2.45, 2.75) is 39.2 Å². The Kier molecular flexibility index (Phi) is 6.17. The summed E-state index contributed by atoms with van der Waals surface area (Å²) in [6.07, 6.45) is 1.18. The third kappa shape index (κ3) is 4.51. The standard InChI is InChI=1S/C22H24ClNO3/c1-3-15(2)19-6-4-5-7-20(19)24-13-17(12-21(24)25)22(26)27-14-16-8-10-18(23)11-9-16/h4-11,15,17H,3,12-14H2,1-2H3/t15-,17+/m0/s1. The highest BCUT2D eigenvalue weighted by atomic mass is 35.5. The molecule has 2 atom stereocenters. The Bertz CT molecular complexity index is 819. The molecule has 0 radical (unpaired) electrons. The first-order valence-electron chi connectivity index (χ1n) is 9.30. The van der Waals surface area contributed by atoms with Crippen LogP contribution in [0.25, 0.3) is 0 Å². The average molecular weight is 386 g/mol. The first-order chi connectivity index (χ1) is 13.0. The lowest BCUT2D eigenvalue weighted by atomic mass is 9.96. The number of halogens is 1. The minimum Gasteiger partial charge on any atom is -0.461 e. The van der Waals surface area contributed by atoms with E-state index in [4.69, 9.17) is 16.3 Å². The smallest absolute Gasteiger partial charge is 0.311 e. The van der Waals surface area contributed by atoms with Crippen LogP contribution in [0.1, 0.15) is 43.7 Å². The van der Waals surface area contributed by atoms with E-state index in [0.717, 1.165) is 23.2 Å². The van der Waals surface area contributed by atoms with Crippen LogP contribution in [-0.2, 0) is 20.9 Å². The molecule has 1 aliphatic heterocycles. The molecule has 1 saturated heterocycles. The van der Waals surface area contributed by atoms with E-state index in [0.29, 0.717) is 17.5 Å². The number of nitrogens with zero attached hydrogens (tertiary/aromatic N) is 1. The Morgan fingerprint density at radius 1 is 1.22 bits per heavy atom. The highest BCUT2D eigenvalue weighted by Crippen LogP contribution is 2.33. The van der Waals surface area contributed by atoms with Crippen molar-refractivity contribution < 1.29 is 14.3 Å². The van der Waals surface area contributed by atoms with Gasteiger partial charge in [0.2, 0.25) is 5.91 Å². The fraction of sp³-hybridized carbons (Fsp3) is 0.364. The van der Waals surface area contributed by atoms with Crippen molar-refractivity contribution >= 4 is 29.2 Å². The molecule has 0 saturated carbocycles. The van der Waals surface area contributed by atoms with Crippen LogP contribution in [-0.4, -0.2) is 18.4 Å². The molecule has 2 aromatic rings. The topological polar surface area (TPSA) is 46.6 Å². The lowest BCUT2D eigenvalue weighted by Crippen LogP contribution is -2.27. The van der Waals surface area contributed by atoms with Crippen LogP contribution in [0.5, 0.6) is 0 Å². The third-order valence-corrected chi connectivity index (χ3v) is 5.38. The first kappa shape index (κ1) is 19.4. The summed E-state index contributed by atoms with van der Waals surface area (Å²) < 4.78 is 5.42. The number of anilines is 1. The largest absolute Gasteiger partial charge is 0.461 e. The van der Waals surface area contributed by atoms with Crippen LogP contribution in [0.2, 0.25) is 5.02 Å². The van der Waals surface area contributed by atoms with Gasteiger partial charge >= 0.3 is 5.97 Å². The molecule has 0 bridgehead atoms. The van der Waals surface area contributed by atoms with E-state index < -0.39 is 5.92 Å². The van der Waals surface area contributed by atoms with Crippen molar-refractivity contribution in [1.29, 1.82) is 0 Å². The zero-order chi connectivity index (χ0) is 19.4. The maximum absolute atomic E-state index is 12.6. The van der Waals surface area contributed by atoms with Crippen LogP contribution in [0.4, 0.5) is 5.69 Å². The summed E-state index contributed by atoms with van der Waals surface area (Å²) in [6.45, 7) is 4.83. The highest BCUT2D eigenvalue weighted by molar-refractivity contribution is 6.30. The first-order valence-corrected chi connectivity index (χ1v) is 9.67. The van der Waals surface area contributed by atoms with E-state index in [9.17, 15) is 9.59 Å². The Labute approximate surface area is 165 Å². The third-order valence-electron chi connectivity index (χ3n) is 5.12. The summed E-state index contributed by atoms with van der Waals surface area (Å²) in [5, 5.41) is 0.641. The summed E-state index contributed by atoms with van der Waals surface area (Å²) in [4.78, 5) is 26.8. The Morgan fingerprint density at radius 3 is 2.63 bits per heavy atom. The van der Waals surface area contributed by atoms with Gasteiger partial charge in [-0.2, -0.15) is 0 Å². The Hall–Kier alpha value is -2.33. The molecule has 2 aromatic carbocycles. The van der Waals surface area contributed by atoms with Crippen molar-refractivity contribution in [3.63, 3.8) is 0 Å². The second-order valence-corrected chi connectivity index (χ2v) is 7.44.